The number of hydrogen-bond donors (Lipinski definition) is 3. The van der Waals surface area contributed by atoms with E-state index < -0.39 is 10.0 Å². The van der Waals surface area contributed by atoms with E-state index in [1.165, 1.54) is 25.4 Å². The molecule has 5 rings (SSSR count). The number of ether oxygens (including phenoxy) is 1. The van der Waals surface area contributed by atoms with E-state index in [1.54, 1.807) is 18.3 Å². The van der Waals surface area contributed by atoms with E-state index in [-0.39, 0.29) is 27.8 Å². The van der Waals surface area contributed by atoms with Gasteiger partial charge >= 0.3 is 0 Å². The zero-order chi connectivity index (χ0) is 27.6. The Hall–Kier alpha value is -3.54. The quantitative estimate of drug-likeness (QED) is 0.273. The van der Waals surface area contributed by atoms with Crippen molar-refractivity contribution in [1.29, 1.82) is 0 Å². The number of fused-ring (bicyclic) bond motifs is 1. The fourth-order valence-electron chi connectivity index (χ4n) is 4.77. The maximum atomic E-state index is 12.8. The van der Waals surface area contributed by atoms with Crippen molar-refractivity contribution in [2.24, 2.45) is 5.73 Å². The van der Waals surface area contributed by atoms with E-state index in [4.69, 9.17) is 27.1 Å². The number of nitrogens with two attached hydrogens (primary N) is 1. The number of hydrogen-bond acceptors (Lipinski definition) is 9. The first kappa shape index (κ1) is 27.0. The van der Waals surface area contributed by atoms with Gasteiger partial charge in [-0.1, -0.05) is 30.7 Å². The highest BCUT2D eigenvalue weighted by molar-refractivity contribution is 7.92. The fraction of sp³-hybridized carbons (Fsp3) is 0.333. The zero-order valence-electron chi connectivity index (χ0n) is 21.7. The predicted molar refractivity (Wildman–Crippen MR) is 153 cm³/mol. The Morgan fingerprint density at radius 3 is 2.51 bits per heavy atom. The molecular weight excluding hydrogens is 538 g/mol. The van der Waals surface area contributed by atoms with E-state index in [1.807, 2.05) is 12.1 Å². The van der Waals surface area contributed by atoms with Gasteiger partial charge in [-0.05, 0) is 67.5 Å². The molecule has 4 N–H and O–H groups in total. The number of halogens is 1. The smallest absolute Gasteiger partial charge is 0.265 e. The van der Waals surface area contributed by atoms with Gasteiger partial charge < -0.3 is 15.8 Å². The zero-order valence-corrected chi connectivity index (χ0v) is 23.3. The summed E-state index contributed by atoms with van der Waals surface area (Å²) in [4.78, 5) is 17.9. The van der Waals surface area contributed by atoms with Gasteiger partial charge in [0.2, 0.25) is 17.8 Å². The van der Waals surface area contributed by atoms with E-state index in [0.29, 0.717) is 17.6 Å². The third-order valence-electron chi connectivity index (χ3n) is 6.86. The normalized spacial score (nSPS) is 17.6. The molecule has 204 valence electrons. The molecule has 0 radical (unpaired) electrons. The summed E-state index contributed by atoms with van der Waals surface area (Å²) in [7, 11) is -2.52. The summed E-state index contributed by atoms with van der Waals surface area (Å²) in [5.41, 5.74) is 9.36. The second kappa shape index (κ2) is 11.3. The summed E-state index contributed by atoms with van der Waals surface area (Å²) < 4.78 is 33.6. The van der Waals surface area contributed by atoms with E-state index >= 15 is 0 Å². The molecule has 0 atom stereocenters. The summed E-state index contributed by atoms with van der Waals surface area (Å²) in [6.45, 7) is 2.07. The molecule has 0 saturated heterocycles. The van der Waals surface area contributed by atoms with Crippen molar-refractivity contribution in [3.63, 3.8) is 0 Å². The highest BCUT2D eigenvalue weighted by Gasteiger charge is 2.22. The third-order valence-corrected chi connectivity index (χ3v) is 8.69. The molecule has 0 unspecified atom stereocenters. The number of aromatic nitrogens is 4. The van der Waals surface area contributed by atoms with Crippen LogP contribution in [0.2, 0.25) is 5.02 Å². The second-order valence-corrected chi connectivity index (χ2v) is 11.6. The van der Waals surface area contributed by atoms with Crippen LogP contribution in [-0.4, -0.2) is 47.5 Å². The number of rotatable bonds is 8. The fourth-order valence-corrected chi connectivity index (χ4v) is 6.24. The van der Waals surface area contributed by atoms with Gasteiger partial charge in [-0.15, -0.1) is 0 Å². The highest BCUT2D eigenvalue weighted by atomic mass is 35.5. The number of anilines is 2. The van der Waals surface area contributed by atoms with Gasteiger partial charge in [-0.3, -0.25) is 0 Å². The number of nitrogens with one attached hydrogen (secondary N) is 2. The number of methoxy groups -OCH3 is 1. The molecule has 2 heterocycles. The van der Waals surface area contributed by atoms with Crippen molar-refractivity contribution in [3.05, 3.63) is 59.4 Å². The van der Waals surface area contributed by atoms with Crippen LogP contribution in [0, 0.1) is 0 Å². The average molecular weight is 568 g/mol. The first-order valence-electron chi connectivity index (χ1n) is 12.8. The van der Waals surface area contributed by atoms with Crippen LogP contribution in [0.4, 0.5) is 11.9 Å². The number of benzene rings is 2. The lowest BCUT2D eigenvalue weighted by molar-refractivity contribution is 0.399. The summed E-state index contributed by atoms with van der Waals surface area (Å²) in [6, 6.07) is 10.7. The maximum Gasteiger partial charge on any atom is 0.265 e. The molecule has 2 aromatic heterocycles. The lowest BCUT2D eigenvalue weighted by atomic mass is 9.92. The first-order valence-corrected chi connectivity index (χ1v) is 14.6. The molecule has 0 spiro atoms. The van der Waals surface area contributed by atoms with Gasteiger partial charge in [0.05, 0.1) is 23.2 Å². The molecule has 10 nitrogen and oxygen atoms in total. The minimum absolute atomic E-state index is 0.0682. The van der Waals surface area contributed by atoms with Gasteiger partial charge in [-0.25, -0.2) is 28.1 Å². The SMILES string of the molecule is CCc1cc(-c2cnc(NS(=O)(=O)c3ccccc3Cl)nc2OC)cc2cnc(N[C@H]3CC[C@H](N)CC3)nc12. The van der Waals surface area contributed by atoms with Crippen LogP contribution in [0.5, 0.6) is 5.88 Å². The summed E-state index contributed by atoms with van der Waals surface area (Å²) in [5.74, 6) is 0.703. The van der Waals surface area contributed by atoms with Crippen molar-refractivity contribution in [2.45, 2.75) is 56.0 Å². The molecule has 0 amide bonds. The Balaban J connectivity index is 1.44. The Labute approximate surface area is 232 Å². The van der Waals surface area contributed by atoms with Crippen molar-refractivity contribution >= 4 is 44.4 Å². The first-order chi connectivity index (χ1) is 18.8. The Morgan fingerprint density at radius 1 is 1.05 bits per heavy atom. The molecule has 1 aliphatic carbocycles. The van der Waals surface area contributed by atoms with E-state index in [0.717, 1.165) is 54.1 Å². The molecule has 1 fully saturated rings. The number of sulfonamides is 1. The van der Waals surface area contributed by atoms with Gasteiger partial charge in [0.25, 0.3) is 10.0 Å². The van der Waals surface area contributed by atoms with Crippen LogP contribution in [0.25, 0.3) is 22.0 Å². The average Bonchev–Trinajstić information content (AvgIpc) is 2.93. The van der Waals surface area contributed by atoms with Crippen molar-refractivity contribution in [3.8, 4) is 17.0 Å². The molecule has 0 bridgehead atoms. The van der Waals surface area contributed by atoms with E-state index in [2.05, 4.69) is 31.9 Å². The topological polar surface area (TPSA) is 145 Å². The van der Waals surface area contributed by atoms with Crippen LogP contribution in [0.1, 0.15) is 38.2 Å². The van der Waals surface area contributed by atoms with Crippen molar-refractivity contribution < 1.29 is 13.2 Å². The molecule has 1 saturated carbocycles. The van der Waals surface area contributed by atoms with Crippen molar-refractivity contribution in [2.75, 3.05) is 17.1 Å². The summed E-state index contributed by atoms with van der Waals surface area (Å²) >= 11 is 6.08. The standard InChI is InChI=1S/C27H30ClN7O3S/c1-3-16-12-17(13-18-14-30-26(33-24(16)18)32-20-10-8-19(29)9-11-20)21-15-31-27(34-25(21)38-2)35-39(36,37)23-7-5-4-6-22(23)28/h4-7,12-15,19-20H,3,8-11,29H2,1-2H3,(H,30,32,33)(H,31,34,35)/t19-,20-. The molecule has 4 aromatic rings. The number of nitrogens with zero attached hydrogens (tertiary/aromatic N) is 4. The summed E-state index contributed by atoms with van der Waals surface area (Å²) in [6.07, 6.45) is 8.09. The Bertz CT molecular complexity index is 1610. The number of aryl methyl sites for hydroxylation is 1. The highest BCUT2D eigenvalue weighted by Crippen LogP contribution is 2.33. The van der Waals surface area contributed by atoms with Gasteiger partial charge in [0.1, 0.15) is 4.90 Å². The van der Waals surface area contributed by atoms with Crippen LogP contribution in [0.15, 0.2) is 53.7 Å². The lowest BCUT2D eigenvalue weighted by Crippen LogP contribution is -2.33. The minimum Gasteiger partial charge on any atom is -0.480 e. The van der Waals surface area contributed by atoms with Gasteiger partial charge in [0, 0.05) is 29.9 Å². The van der Waals surface area contributed by atoms with E-state index in [9.17, 15) is 8.42 Å². The molecule has 2 aromatic carbocycles. The second-order valence-electron chi connectivity index (χ2n) is 9.53. The molecule has 39 heavy (non-hydrogen) atoms. The van der Waals surface area contributed by atoms with Gasteiger partial charge in [-0.2, -0.15) is 4.98 Å². The third kappa shape index (κ3) is 5.90. The summed E-state index contributed by atoms with van der Waals surface area (Å²) in [5, 5.41) is 4.43. The van der Waals surface area contributed by atoms with Crippen molar-refractivity contribution in [1.82, 2.24) is 19.9 Å². The van der Waals surface area contributed by atoms with Crippen LogP contribution < -0.4 is 20.5 Å². The van der Waals surface area contributed by atoms with Gasteiger partial charge in [0.15, 0.2) is 0 Å². The van der Waals surface area contributed by atoms with Crippen LogP contribution >= 0.6 is 11.6 Å². The molecule has 12 heteroatoms. The minimum atomic E-state index is -3.99. The maximum absolute atomic E-state index is 12.8. The molecular formula is C27H30ClN7O3S. The Kier molecular flexibility index (Phi) is 7.83. The predicted octanol–water partition coefficient (Wildman–Crippen LogP) is 4.79. The largest absolute Gasteiger partial charge is 0.480 e. The molecule has 1 aliphatic rings. The Morgan fingerprint density at radius 2 is 1.79 bits per heavy atom. The van der Waals surface area contributed by atoms with Crippen LogP contribution in [-0.2, 0) is 16.4 Å². The monoisotopic (exact) mass is 567 g/mol. The molecule has 0 aliphatic heterocycles. The lowest BCUT2D eigenvalue weighted by Gasteiger charge is -2.26. The van der Waals surface area contributed by atoms with Crippen LogP contribution in [0.3, 0.4) is 0 Å².